The monoisotopic (exact) mass is 270 g/mol. The van der Waals surface area contributed by atoms with Crippen molar-refractivity contribution in [2.24, 2.45) is 0 Å². The van der Waals surface area contributed by atoms with E-state index in [9.17, 15) is 9.90 Å². The minimum Gasteiger partial charge on any atom is -0.382 e. The Hall–Kier alpha value is -1.97. The predicted molar refractivity (Wildman–Crippen MR) is 81.6 cm³/mol. The second-order valence-corrected chi connectivity index (χ2v) is 5.04. The number of hydrogen-bond donors (Lipinski definition) is 1. The largest absolute Gasteiger partial charge is 0.382 e. The fraction of sp³-hybridized carbons (Fsp3) is 0.235. The molecule has 1 N–H and O–H groups in total. The molecule has 0 fully saturated rings. The summed E-state index contributed by atoms with van der Waals surface area (Å²) < 4.78 is 0.0260. The molecular weight excluding hydrogens is 250 g/mol. The SMILES string of the molecule is CC(C)[N+](C(=O)CO)(c1ccccc1)c1ccccc1. The molecule has 0 unspecified atom stereocenters. The molecular formula is C17H20NO2+. The molecule has 3 nitrogen and oxygen atoms in total. The first-order chi connectivity index (χ1) is 9.64. The summed E-state index contributed by atoms with van der Waals surface area (Å²) in [6.07, 6.45) is 0. The molecule has 0 aliphatic heterocycles. The highest BCUT2D eigenvalue weighted by Gasteiger charge is 2.43. The van der Waals surface area contributed by atoms with Gasteiger partial charge in [-0.2, -0.15) is 4.48 Å². The van der Waals surface area contributed by atoms with Crippen LogP contribution in [0.2, 0.25) is 0 Å². The van der Waals surface area contributed by atoms with E-state index in [4.69, 9.17) is 0 Å². The van der Waals surface area contributed by atoms with Crippen LogP contribution in [0.25, 0.3) is 0 Å². The minimum atomic E-state index is -0.484. The zero-order valence-electron chi connectivity index (χ0n) is 11.9. The number of quaternary nitrogens is 1. The van der Waals surface area contributed by atoms with Crippen LogP contribution in [0.4, 0.5) is 11.4 Å². The predicted octanol–water partition coefficient (Wildman–Crippen LogP) is 3.25. The zero-order chi connectivity index (χ0) is 14.6. The van der Waals surface area contributed by atoms with Gasteiger partial charge in [0.15, 0.2) is 6.61 Å². The summed E-state index contributed by atoms with van der Waals surface area (Å²) in [5.74, 6) is -0.225. The van der Waals surface area contributed by atoms with E-state index < -0.39 is 6.61 Å². The third-order valence-corrected chi connectivity index (χ3v) is 3.63. The van der Waals surface area contributed by atoms with Gasteiger partial charge in [-0.05, 0) is 13.8 Å². The highest BCUT2D eigenvalue weighted by molar-refractivity contribution is 5.96. The summed E-state index contributed by atoms with van der Waals surface area (Å²) in [5, 5.41) is 9.48. The number of nitrogens with zero attached hydrogens (tertiary/aromatic N) is 1. The molecule has 2 aromatic rings. The van der Waals surface area contributed by atoms with Crippen LogP contribution >= 0.6 is 0 Å². The molecule has 3 heteroatoms. The first kappa shape index (κ1) is 14.4. The molecule has 0 aromatic heterocycles. The number of amides is 1. The average molecular weight is 270 g/mol. The molecule has 2 aromatic carbocycles. The number of aliphatic hydroxyl groups is 1. The van der Waals surface area contributed by atoms with Crippen molar-refractivity contribution in [1.29, 1.82) is 0 Å². The second kappa shape index (κ2) is 5.99. The van der Waals surface area contributed by atoms with Crippen molar-refractivity contribution in [3.8, 4) is 0 Å². The van der Waals surface area contributed by atoms with Gasteiger partial charge in [-0.3, -0.25) is 0 Å². The van der Waals surface area contributed by atoms with Crippen molar-refractivity contribution < 1.29 is 9.90 Å². The van der Waals surface area contributed by atoms with Crippen LogP contribution in [0.3, 0.4) is 0 Å². The van der Waals surface area contributed by atoms with Crippen LogP contribution in [0.1, 0.15) is 13.8 Å². The normalized spacial score (nSPS) is 11.6. The van der Waals surface area contributed by atoms with E-state index in [-0.39, 0.29) is 16.4 Å². The number of carbonyl (C=O) groups excluding carboxylic acids is 1. The maximum Gasteiger partial charge on any atom is 0.349 e. The van der Waals surface area contributed by atoms with Crippen LogP contribution in [-0.4, -0.2) is 23.7 Å². The molecule has 0 aliphatic rings. The minimum absolute atomic E-state index is 0.0144. The molecule has 0 heterocycles. The van der Waals surface area contributed by atoms with Crippen LogP contribution in [-0.2, 0) is 4.79 Å². The van der Waals surface area contributed by atoms with Gasteiger partial charge in [0.05, 0.1) is 0 Å². The van der Waals surface area contributed by atoms with Crippen molar-refractivity contribution in [2.45, 2.75) is 19.9 Å². The molecule has 0 saturated heterocycles. The van der Waals surface area contributed by atoms with E-state index in [2.05, 4.69) is 0 Å². The van der Waals surface area contributed by atoms with Gasteiger partial charge < -0.3 is 5.11 Å². The Morgan fingerprint density at radius 3 is 1.65 bits per heavy atom. The van der Waals surface area contributed by atoms with E-state index in [0.29, 0.717) is 0 Å². The highest BCUT2D eigenvalue weighted by atomic mass is 16.3. The molecule has 0 radical (unpaired) electrons. The number of rotatable bonds is 4. The maximum absolute atomic E-state index is 12.6. The van der Waals surface area contributed by atoms with Gasteiger partial charge in [-0.15, -0.1) is 0 Å². The van der Waals surface area contributed by atoms with Gasteiger partial charge >= 0.3 is 5.91 Å². The third kappa shape index (κ3) is 2.26. The molecule has 104 valence electrons. The number of benzene rings is 2. The van der Waals surface area contributed by atoms with Crippen LogP contribution in [0.5, 0.6) is 0 Å². The first-order valence-electron chi connectivity index (χ1n) is 6.78. The lowest BCUT2D eigenvalue weighted by Crippen LogP contribution is -2.56. The second-order valence-electron chi connectivity index (χ2n) is 5.04. The number of hydrogen-bond acceptors (Lipinski definition) is 2. The lowest BCUT2D eigenvalue weighted by Gasteiger charge is -2.38. The standard InChI is InChI=1S/C17H20NO2/c1-14(2)18(17(20)13-19,15-9-5-3-6-10-15)16-11-7-4-8-12-16/h3-12,14,19H,13H2,1-2H3/q+1. The maximum atomic E-state index is 12.6. The van der Waals surface area contributed by atoms with E-state index in [1.165, 1.54) is 0 Å². The molecule has 0 saturated carbocycles. The van der Waals surface area contributed by atoms with E-state index in [1.54, 1.807) is 0 Å². The van der Waals surface area contributed by atoms with E-state index in [0.717, 1.165) is 11.4 Å². The Morgan fingerprint density at radius 1 is 0.950 bits per heavy atom. The van der Waals surface area contributed by atoms with Crippen LogP contribution in [0.15, 0.2) is 60.7 Å². The smallest absolute Gasteiger partial charge is 0.349 e. The molecule has 0 atom stereocenters. The summed E-state index contributed by atoms with van der Waals surface area (Å²) >= 11 is 0. The topological polar surface area (TPSA) is 37.3 Å². The van der Waals surface area contributed by atoms with Gasteiger partial charge in [-0.1, -0.05) is 36.4 Å². The number of carbonyl (C=O) groups is 1. The molecule has 0 aliphatic carbocycles. The molecule has 2 rings (SSSR count). The lowest BCUT2D eigenvalue weighted by molar-refractivity contribution is -0.131. The quantitative estimate of drug-likeness (QED) is 0.866. The van der Waals surface area contributed by atoms with Gasteiger partial charge in [-0.25, -0.2) is 4.79 Å². The summed E-state index contributed by atoms with van der Waals surface area (Å²) in [4.78, 5) is 12.6. The Bertz CT molecular complexity index is 525. The summed E-state index contributed by atoms with van der Waals surface area (Å²) in [6, 6.07) is 19.2. The highest BCUT2D eigenvalue weighted by Crippen LogP contribution is 2.37. The Labute approximate surface area is 119 Å². The first-order valence-corrected chi connectivity index (χ1v) is 6.78. The molecule has 20 heavy (non-hydrogen) atoms. The molecule has 0 spiro atoms. The van der Waals surface area contributed by atoms with Gasteiger partial charge in [0, 0.05) is 24.3 Å². The number of para-hydroxylation sites is 2. The lowest BCUT2D eigenvalue weighted by atomic mass is 10.1. The third-order valence-electron chi connectivity index (χ3n) is 3.63. The Kier molecular flexibility index (Phi) is 4.32. The van der Waals surface area contributed by atoms with Crippen molar-refractivity contribution in [1.82, 2.24) is 4.48 Å². The van der Waals surface area contributed by atoms with Crippen molar-refractivity contribution in [3.63, 3.8) is 0 Å². The fourth-order valence-electron chi connectivity index (χ4n) is 2.76. The van der Waals surface area contributed by atoms with Gasteiger partial charge in [0.2, 0.25) is 0 Å². The summed E-state index contributed by atoms with van der Waals surface area (Å²) in [6.45, 7) is 3.50. The zero-order valence-corrected chi connectivity index (χ0v) is 11.9. The molecule has 0 bridgehead atoms. The van der Waals surface area contributed by atoms with E-state index in [1.807, 2.05) is 74.5 Å². The molecule has 1 amide bonds. The van der Waals surface area contributed by atoms with Crippen LogP contribution < -0.4 is 4.48 Å². The van der Waals surface area contributed by atoms with Gasteiger partial charge in [0.1, 0.15) is 17.4 Å². The Morgan fingerprint density at radius 2 is 1.35 bits per heavy atom. The van der Waals surface area contributed by atoms with Gasteiger partial charge in [0.25, 0.3) is 0 Å². The van der Waals surface area contributed by atoms with E-state index >= 15 is 0 Å². The van der Waals surface area contributed by atoms with Crippen molar-refractivity contribution in [3.05, 3.63) is 60.7 Å². The van der Waals surface area contributed by atoms with Crippen molar-refractivity contribution in [2.75, 3.05) is 6.61 Å². The summed E-state index contributed by atoms with van der Waals surface area (Å²) in [7, 11) is 0. The Balaban J connectivity index is 2.73. The fourth-order valence-corrected chi connectivity index (χ4v) is 2.76. The average Bonchev–Trinajstić information content (AvgIpc) is 2.49. The van der Waals surface area contributed by atoms with Crippen LogP contribution in [0, 0.1) is 0 Å². The summed E-state index contributed by atoms with van der Waals surface area (Å²) in [5.41, 5.74) is 1.74. The van der Waals surface area contributed by atoms with Crippen molar-refractivity contribution >= 4 is 17.3 Å². The number of aliphatic hydroxyl groups excluding tert-OH is 1.